The standard InChI is InChI=1S/C60H71N11O18S2/c1-4-28(2)47-55(83)69-48(29(3)72)56(84)66-40(24-46(62)77)52(80)67-41(25-90-91-26-43(76)54(82)70-49(57(85)68-47)30-9-12-32(73)13-10-30)58(86)71-20-6-8-42(71)53(81)65-39(51(79)64-27-61)7-5-19-63-50(78)31-11-16-35-38(21-31)60(89-59(35)87)36-17-14-33(74)22-44(36)88-45-23-34(75)15-18-37(45)60/h9-18,21-23,28-29,39-43,47-49,72-76H,4-8,19-20,24-27,61H2,1-3H3,(H2,62,77)(H,63,78)(H,64,79)(H,65,81)(H,66,84)(H,67,80)(H,68,85)(H,69,83)(H,70,82). The summed E-state index contributed by atoms with van der Waals surface area (Å²) < 4.78 is 12.1. The molecule has 10 unspecified atom stereocenters. The van der Waals surface area contributed by atoms with Crippen molar-refractivity contribution in [1.29, 1.82) is 0 Å². The van der Waals surface area contributed by atoms with Gasteiger partial charge in [-0.1, -0.05) is 54.0 Å². The van der Waals surface area contributed by atoms with Crippen LogP contribution < -0.4 is 58.7 Å². The van der Waals surface area contributed by atoms with Crippen LogP contribution in [0.4, 0.5) is 0 Å². The van der Waals surface area contributed by atoms with Gasteiger partial charge in [0, 0.05) is 59.0 Å². The predicted octanol–water partition coefficient (Wildman–Crippen LogP) is -0.755. The Kier molecular flexibility index (Phi) is 22.1. The summed E-state index contributed by atoms with van der Waals surface area (Å²) in [6.07, 6.45) is -3.71. The van der Waals surface area contributed by atoms with Crippen molar-refractivity contribution < 1.29 is 87.7 Å². The van der Waals surface area contributed by atoms with Gasteiger partial charge in [-0.3, -0.25) is 47.9 Å². The van der Waals surface area contributed by atoms with Crippen LogP contribution in [0.15, 0.2) is 78.9 Å². The maximum absolute atomic E-state index is 14.8. The molecule has 1 spiro atoms. The Balaban J connectivity index is 0.980. The van der Waals surface area contributed by atoms with Gasteiger partial charge in [0.2, 0.25) is 47.3 Å². The van der Waals surface area contributed by atoms with Crippen molar-refractivity contribution in [3.63, 3.8) is 0 Å². The second-order valence-electron chi connectivity index (χ2n) is 22.2. The summed E-state index contributed by atoms with van der Waals surface area (Å²) in [7, 11) is 1.76. The zero-order chi connectivity index (χ0) is 66.0. The van der Waals surface area contributed by atoms with Crippen LogP contribution in [0.3, 0.4) is 0 Å². The number of ether oxygens (including phenoxy) is 2. The summed E-state index contributed by atoms with van der Waals surface area (Å²) in [6, 6.07) is 7.21. The average molecular weight is 1300 g/mol. The van der Waals surface area contributed by atoms with Gasteiger partial charge in [0.1, 0.15) is 77.1 Å². The second-order valence-corrected chi connectivity index (χ2v) is 24.7. The Morgan fingerprint density at radius 2 is 1.38 bits per heavy atom. The molecular formula is C60H71N11O18S2. The van der Waals surface area contributed by atoms with Gasteiger partial charge >= 0.3 is 5.97 Å². The van der Waals surface area contributed by atoms with Gasteiger partial charge in [0.05, 0.1) is 24.8 Å². The van der Waals surface area contributed by atoms with Crippen molar-refractivity contribution >= 4 is 86.6 Å². The molecule has 0 saturated carbocycles. The molecule has 0 radical (unpaired) electrons. The number of phenolic OH excluding ortho intramolecular Hbond substituents is 3. The first-order valence-corrected chi connectivity index (χ1v) is 31.6. The number of nitrogens with zero attached hydrogens (tertiary/aromatic N) is 1. The number of nitrogens with one attached hydrogen (secondary N) is 8. The van der Waals surface area contributed by atoms with Crippen molar-refractivity contribution in [3.05, 3.63) is 112 Å². The van der Waals surface area contributed by atoms with E-state index in [4.69, 9.17) is 20.9 Å². The molecule has 17 N–H and O–H groups in total. The van der Waals surface area contributed by atoms with Crippen molar-refractivity contribution in [3.8, 4) is 28.7 Å². The lowest BCUT2D eigenvalue weighted by molar-refractivity contribution is -0.142. The summed E-state index contributed by atoms with van der Waals surface area (Å²) in [4.78, 5) is 154. The number of primary amides is 1. The highest BCUT2D eigenvalue weighted by atomic mass is 33.1. The van der Waals surface area contributed by atoms with E-state index in [9.17, 15) is 78.3 Å². The molecule has 486 valence electrons. The number of benzene rings is 4. The first-order chi connectivity index (χ1) is 43.3. The quantitative estimate of drug-likeness (QED) is 0.0284. The van der Waals surface area contributed by atoms with Crippen LogP contribution in [0.2, 0.25) is 0 Å². The summed E-state index contributed by atoms with van der Waals surface area (Å²) in [5, 5.41) is 72.9. The fourth-order valence-electron chi connectivity index (χ4n) is 10.9. The predicted molar refractivity (Wildman–Crippen MR) is 326 cm³/mol. The van der Waals surface area contributed by atoms with E-state index in [-0.39, 0.29) is 114 Å². The van der Waals surface area contributed by atoms with Crippen LogP contribution in [-0.2, 0) is 53.5 Å². The summed E-state index contributed by atoms with van der Waals surface area (Å²) in [6.45, 7) is 4.04. The number of carbonyl (C=O) groups is 11. The van der Waals surface area contributed by atoms with Gasteiger partial charge in [-0.05, 0) is 98.7 Å². The molecule has 4 aliphatic rings. The number of esters is 1. The molecule has 0 aromatic heterocycles. The molecule has 10 atom stereocenters. The van der Waals surface area contributed by atoms with Gasteiger partial charge in [0.15, 0.2) is 5.60 Å². The van der Waals surface area contributed by atoms with E-state index in [1.165, 1.54) is 78.9 Å². The Morgan fingerprint density at radius 3 is 2.02 bits per heavy atom. The number of carbonyl (C=O) groups excluding carboxylic acids is 11. The first-order valence-electron chi connectivity index (χ1n) is 29.1. The topological polar surface area (TPSA) is 459 Å². The van der Waals surface area contributed by atoms with E-state index in [0.717, 1.165) is 33.4 Å². The third kappa shape index (κ3) is 15.5. The highest BCUT2D eigenvalue weighted by molar-refractivity contribution is 8.76. The number of aromatic hydroxyl groups is 3. The lowest BCUT2D eigenvalue weighted by Gasteiger charge is -2.36. The van der Waals surface area contributed by atoms with Crippen LogP contribution in [0, 0.1) is 5.92 Å². The summed E-state index contributed by atoms with van der Waals surface area (Å²) >= 11 is 0. The van der Waals surface area contributed by atoms with E-state index >= 15 is 0 Å². The van der Waals surface area contributed by atoms with Crippen molar-refractivity contribution in [2.45, 2.75) is 119 Å². The van der Waals surface area contributed by atoms with Crippen LogP contribution in [0.5, 0.6) is 28.7 Å². The lowest BCUT2D eigenvalue weighted by atomic mass is 9.77. The summed E-state index contributed by atoms with van der Waals surface area (Å²) in [5.41, 5.74) is 10.9. The number of aliphatic hydroxyl groups excluding tert-OH is 2. The first kappa shape index (κ1) is 67.8. The van der Waals surface area contributed by atoms with Crippen molar-refractivity contribution in [1.82, 2.24) is 47.4 Å². The Bertz CT molecular complexity index is 3430. The average Bonchev–Trinajstić information content (AvgIpc) is 1.62. The molecule has 91 heavy (non-hydrogen) atoms. The Morgan fingerprint density at radius 1 is 0.747 bits per heavy atom. The Hall–Kier alpha value is -9.17. The van der Waals surface area contributed by atoms with Gasteiger partial charge < -0.3 is 93.9 Å². The number of hydrogen-bond donors (Lipinski definition) is 15. The monoisotopic (exact) mass is 1300 g/mol. The van der Waals surface area contributed by atoms with Crippen LogP contribution in [0.25, 0.3) is 0 Å². The normalized spacial score (nSPS) is 22.9. The third-order valence-electron chi connectivity index (χ3n) is 15.9. The molecule has 0 aliphatic carbocycles. The smallest absolute Gasteiger partial charge is 0.340 e. The van der Waals surface area contributed by atoms with Gasteiger partial charge in [-0.15, -0.1) is 0 Å². The second kappa shape index (κ2) is 29.6. The number of amides is 10. The van der Waals surface area contributed by atoms with Crippen LogP contribution >= 0.6 is 21.6 Å². The number of rotatable bonds is 16. The van der Waals surface area contributed by atoms with Crippen molar-refractivity contribution in [2.24, 2.45) is 17.4 Å². The largest absolute Gasteiger partial charge is 0.508 e. The number of likely N-dealkylation sites (tertiary alicyclic amines) is 1. The van der Waals surface area contributed by atoms with E-state index in [1.807, 2.05) is 0 Å². The lowest BCUT2D eigenvalue weighted by Crippen LogP contribution is -2.62. The number of nitrogens with two attached hydrogens (primary N) is 2. The third-order valence-corrected chi connectivity index (χ3v) is 18.3. The minimum atomic E-state index is -1.84. The molecule has 4 aliphatic heterocycles. The SMILES string of the molecule is CCC(C)C1NC(=O)C(c2ccc(O)cc2)NC(=O)C(O)CSSCC(C(=O)N2CCCC2C(=O)NC(CCCNC(=O)c2ccc3c(c2)C2(OC3=O)c3ccc(O)cc3Oc3cc(O)ccc32)C(=O)NCN)NC(=O)C(CC(N)=O)NC(=O)C(C(C)O)NC1=O. The molecule has 4 aromatic carbocycles. The van der Waals surface area contributed by atoms with E-state index in [2.05, 4.69) is 42.5 Å². The summed E-state index contributed by atoms with van der Waals surface area (Å²) in [5.74, 6) is -11.6. The zero-order valence-corrected chi connectivity index (χ0v) is 51.2. The molecule has 2 fully saturated rings. The maximum Gasteiger partial charge on any atom is 0.340 e. The van der Waals surface area contributed by atoms with Crippen LogP contribution in [0.1, 0.15) is 108 Å². The number of phenols is 3. The molecule has 4 aromatic rings. The maximum atomic E-state index is 14.8. The zero-order valence-electron chi connectivity index (χ0n) is 49.5. The van der Waals surface area contributed by atoms with Crippen molar-refractivity contribution in [2.75, 3.05) is 31.3 Å². The van der Waals surface area contributed by atoms with Gasteiger partial charge in [-0.25, -0.2) is 4.79 Å². The van der Waals surface area contributed by atoms with Gasteiger partial charge in [0.25, 0.3) is 11.8 Å². The fourth-order valence-corrected chi connectivity index (χ4v) is 13.1. The highest BCUT2D eigenvalue weighted by Crippen LogP contribution is 2.57. The van der Waals surface area contributed by atoms with Gasteiger partial charge in [-0.2, -0.15) is 0 Å². The molecule has 4 heterocycles. The highest BCUT2D eigenvalue weighted by Gasteiger charge is 2.54. The molecular weight excluding hydrogens is 1230 g/mol. The minimum absolute atomic E-state index is 0.0413. The van der Waals surface area contributed by atoms with E-state index in [0.29, 0.717) is 11.1 Å². The molecule has 2 saturated heterocycles. The number of hydrogen-bond acceptors (Lipinski definition) is 21. The Labute approximate surface area is 528 Å². The molecule has 29 nitrogen and oxygen atoms in total. The molecule has 8 rings (SSSR count). The molecule has 0 bridgehead atoms. The van der Waals surface area contributed by atoms with E-state index in [1.54, 1.807) is 13.8 Å². The van der Waals surface area contributed by atoms with E-state index < -0.39 is 137 Å². The number of fused-ring (bicyclic) bond motifs is 6. The van der Waals surface area contributed by atoms with Crippen LogP contribution in [-0.4, -0.2) is 175 Å². The fraction of sp³-hybridized carbons (Fsp3) is 0.417. The molecule has 10 amide bonds. The molecule has 31 heteroatoms. The minimum Gasteiger partial charge on any atom is -0.508 e. The number of aliphatic hydroxyl groups is 2.